The minimum absolute atomic E-state index is 0.382. The van der Waals surface area contributed by atoms with Crippen LogP contribution in [0.25, 0.3) is 0 Å². The first-order valence-electron chi connectivity index (χ1n) is 6.57. The zero-order chi connectivity index (χ0) is 13.5. The summed E-state index contributed by atoms with van der Waals surface area (Å²) in [5, 5.41) is 0. The molecule has 1 aliphatic heterocycles. The lowest BCUT2D eigenvalue weighted by atomic mass is 10.2. The number of rotatable bonds is 2. The normalized spacial score (nSPS) is 18.9. The molecule has 2 aliphatic rings. The Labute approximate surface area is 114 Å². The molecule has 0 spiro atoms. The predicted octanol–water partition coefficient (Wildman–Crippen LogP) is 2.99. The largest absolute Gasteiger partial charge is 0.266 e. The molecule has 0 fully saturated rings. The van der Waals surface area contributed by atoms with Crippen LogP contribution >= 0.6 is 0 Å². The number of allylic oxidation sites excluding steroid dienone is 3. The number of nitrogens with zero attached hydrogens (tertiary/aromatic N) is 1. The Morgan fingerprint density at radius 3 is 2.58 bits per heavy atom. The summed E-state index contributed by atoms with van der Waals surface area (Å²) in [7, 11) is -3.41. The Bertz CT molecular complexity index is 654. The second-order valence-electron chi connectivity index (χ2n) is 5.08. The maximum absolute atomic E-state index is 12.7. The van der Waals surface area contributed by atoms with Crippen LogP contribution < -0.4 is 0 Å². The van der Waals surface area contributed by atoms with Gasteiger partial charge in [0.05, 0.1) is 11.4 Å². The van der Waals surface area contributed by atoms with E-state index in [0.717, 1.165) is 30.5 Å². The third-order valence-electron chi connectivity index (χ3n) is 3.73. The van der Waals surface area contributed by atoms with E-state index in [4.69, 9.17) is 0 Å². The molecule has 3 rings (SSSR count). The second-order valence-corrected chi connectivity index (χ2v) is 6.94. The van der Waals surface area contributed by atoms with Crippen LogP contribution in [-0.4, -0.2) is 19.3 Å². The SMILES string of the molecule is Cc1ccc(S(=O)(=O)N2CC=CC3=C2CCC3)cc1. The highest BCUT2D eigenvalue weighted by Gasteiger charge is 2.30. The van der Waals surface area contributed by atoms with Crippen LogP contribution in [0.5, 0.6) is 0 Å². The van der Waals surface area contributed by atoms with Crippen LogP contribution in [-0.2, 0) is 10.0 Å². The first-order valence-corrected chi connectivity index (χ1v) is 8.01. The molecule has 0 saturated heterocycles. The summed E-state index contributed by atoms with van der Waals surface area (Å²) in [6, 6.07) is 7.07. The summed E-state index contributed by atoms with van der Waals surface area (Å²) in [6.07, 6.45) is 6.92. The molecule has 0 aromatic heterocycles. The van der Waals surface area contributed by atoms with E-state index in [1.807, 2.05) is 25.1 Å². The lowest BCUT2D eigenvalue weighted by Gasteiger charge is -2.27. The monoisotopic (exact) mass is 275 g/mol. The molecule has 1 aromatic rings. The van der Waals surface area contributed by atoms with Gasteiger partial charge in [0.15, 0.2) is 0 Å². The molecule has 0 radical (unpaired) electrons. The van der Waals surface area contributed by atoms with Crippen molar-refractivity contribution in [2.45, 2.75) is 31.1 Å². The molecule has 1 aliphatic carbocycles. The first kappa shape index (κ1) is 12.5. The highest BCUT2D eigenvalue weighted by Crippen LogP contribution is 2.35. The van der Waals surface area contributed by atoms with Gasteiger partial charge in [-0.2, -0.15) is 0 Å². The van der Waals surface area contributed by atoms with Crippen LogP contribution in [0.3, 0.4) is 0 Å². The van der Waals surface area contributed by atoms with Crippen molar-refractivity contribution >= 4 is 10.0 Å². The molecule has 0 bridgehead atoms. The number of hydrogen-bond donors (Lipinski definition) is 0. The van der Waals surface area contributed by atoms with Gasteiger partial charge in [-0.25, -0.2) is 8.42 Å². The molecule has 1 aromatic carbocycles. The van der Waals surface area contributed by atoms with Gasteiger partial charge in [0.25, 0.3) is 10.0 Å². The van der Waals surface area contributed by atoms with Crippen molar-refractivity contribution in [2.24, 2.45) is 0 Å². The van der Waals surface area contributed by atoms with E-state index in [9.17, 15) is 8.42 Å². The molecular weight excluding hydrogens is 258 g/mol. The van der Waals surface area contributed by atoms with Crippen LogP contribution in [0.1, 0.15) is 24.8 Å². The van der Waals surface area contributed by atoms with E-state index >= 15 is 0 Å². The number of aryl methyl sites for hydroxylation is 1. The Balaban J connectivity index is 2.01. The molecule has 1 heterocycles. The van der Waals surface area contributed by atoms with Crippen molar-refractivity contribution in [3.8, 4) is 0 Å². The Morgan fingerprint density at radius 2 is 1.84 bits per heavy atom. The number of hydrogen-bond acceptors (Lipinski definition) is 2. The second kappa shape index (κ2) is 4.53. The van der Waals surface area contributed by atoms with E-state index in [1.54, 1.807) is 16.4 Å². The Kier molecular flexibility index (Phi) is 2.97. The molecule has 0 saturated carbocycles. The number of sulfonamides is 1. The Hall–Kier alpha value is -1.55. The van der Waals surface area contributed by atoms with Crippen molar-refractivity contribution < 1.29 is 8.42 Å². The fraction of sp³-hybridized carbons (Fsp3) is 0.333. The molecule has 4 heteroatoms. The van der Waals surface area contributed by atoms with Gasteiger partial charge in [-0.3, -0.25) is 4.31 Å². The summed E-state index contributed by atoms with van der Waals surface area (Å²) in [6.45, 7) is 2.41. The first-order chi connectivity index (χ1) is 9.09. The predicted molar refractivity (Wildman–Crippen MR) is 75.1 cm³/mol. The third-order valence-corrected chi connectivity index (χ3v) is 5.55. The lowest BCUT2D eigenvalue weighted by molar-refractivity contribution is 0.491. The smallest absolute Gasteiger partial charge is 0.264 e. The van der Waals surface area contributed by atoms with Gasteiger partial charge in [-0.15, -0.1) is 0 Å². The van der Waals surface area contributed by atoms with Gasteiger partial charge < -0.3 is 0 Å². The van der Waals surface area contributed by atoms with Crippen molar-refractivity contribution in [3.05, 3.63) is 53.3 Å². The van der Waals surface area contributed by atoms with E-state index < -0.39 is 10.0 Å². The summed E-state index contributed by atoms with van der Waals surface area (Å²) < 4.78 is 27.0. The molecule has 0 atom stereocenters. The molecule has 0 amide bonds. The highest BCUT2D eigenvalue weighted by atomic mass is 32.2. The van der Waals surface area contributed by atoms with Crippen LogP contribution in [0.2, 0.25) is 0 Å². The number of benzene rings is 1. The van der Waals surface area contributed by atoms with Gasteiger partial charge in [0.2, 0.25) is 0 Å². The maximum atomic E-state index is 12.7. The fourth-order valence-electron chi connectivity index (χ4n) is 2.70. The zero-order valence-corrected chi connectivity index (χ0v) is 11.8. The van der Waals surface area contributed by atoms with E-state index in [1.165, 1.54) is 5.57 Å². The molecule has 19 heavy (non-hydrogen) atoms. The molecule has 0 unspecified atom stereocenters. The van der Waals surface area contributed by atoms with E-state index in [2.05, 4.69) is 6.08 Å². The van der Waals surface area contributed by atoms with Gasteiger partial charge >= 0.3 is 0 Å². The molecule has 100 valence electrons. The van der Waals surface area contributed by atoms with Crippen LogP contribution in [0.4, 0.5) is 0 Å². The highest BCUT2D eigenvalue weighted by molar-refractivity contribution is 7.89. The van der Waals surface area contributed by atoms with Crippen molar-refractivity contribution in [2.75, 3.05) is 6.54 Å². The quantitative estimate of drug-likeness (QED) is 0.832. The summed E-state index contributed by atoms with van der Waals surface area (Å²) in [4.78, 5) is 0.382. The van der Waals surface area contributed by atoms with Crippen molar-refractivity contribution in [3.63, 3.8) is 0 Å². The maximum Gasteiger partial charge on any atom is 0.264 e. The van der Waals surface area contributed by atoms with Gasteiger partial charge in [0, 0.05) is 5.70 Å². The molecule has 3 nitrogen and oxygen atoms in total. The van der Waals surface area contributed by atoms with Crippen LogP contribution in [0.15, 0.2) is 52.6 Å². The van der Waals surface area contributed by atoms with E-state index in [-0.39, 0.29) is 0 Å². The summed E-state index contributed by atoms with van der Waals surface area (Å²) in [5.74, 6) is 0. The standard InChI is InChI=1S/C15H17NO2S/c1-12-7-9-14(10-8-12)19(17,18)16-11-3-5-13-4-2-6-15(13)16/h3,5,7-10H,2,4,6,11H2,1H3. The topological polar surface area (TPSA) is 37.4 Å². The molecule has 0 N–H and O–H groups in total. The molecular formula is C15H17NO2S. The fourth-order valence-corrected chi connectivity index (χ4v) is 4.21. The third kappa shape index (κ3) is 2.10. The average Bonchev–Trinajstić information content (AvgIpc) is 2.87. The van der Waals surface area contributed by atoms with Crippen LogP contribution in [0, 0.1) is 6.92 Å². The van der Waals surface area contributed by atoms with Gasteiger partial charge in [-0.05, 0) is 43.9 Å². The van der Waals surface area contributed by atoms with Gasteiger partial charge in [-0.1, -0.05) is 29.8 Å². The minimum Gasteiger partial charge on any atom is -0.266 e. The summed E-state index contributed by atoms with van der Waals surface area (Å²) >= 11 is 0. The van der Waals surface area contributed by atoms with Gasteiger partial charge in [0.1, 0.15) is 0 Å². The summed E-state index contributed by atoms with van der Waals surface area (Å²) in [5.41, 5.74) is 3.24. The van der Waals surface area contributed by atoms with Crippen molar-refractivity contribution in [1.29, 1.82) is 0 Å². The minimum atomic E-state index is -3.41. The average molecular weight is 275 g/mol. The lowest BCUT2D eigenvalue weighted by Crippen LogP contribution is -2.32. The van der Waals surface area contributed by atoms with E-state index in [0.29, 0.717) is 11.4 Å². The van der Waals surface area contributed by atoms with Crippen molar-refractivity contribution in [1.82, 2.24) is 4.31 Å². The Morgan fingerprint density at radius 1 is 1.11 bits per heavy atom. The zero-order valence-electron chi connectivity index (χ0n) is 11.0.